The molecule has 180 valence electrons. The number of nitrogens with zero attached hydrogens (tertiary/aromatic N) is 5. The van der Waals surface area contributed by atoms with Crippen LogP contribution in [-0.4, -0.2) is 32.6 Å². The van der Waals surface area contributed by atoms with E-state index in [1.807, 2.05) is 17.0 Å². The van der Waals surface area contributed by atoms with Crippen molar-refractivity contribution in [3.63, 3.8) is 0 Å². The average Bonchev–Trinajstić information content (AvgIpc) is 3.44. The molecule has 0 bridgehead atoms. The molecule has 1 saturated carbocycles. The second kappa shape index (κ2) is 8.45. The van der Waals surface area contributed by atoms with Gasteiger partial charge in [-0.15, -0.1) is 0 Å². The highest BCUT2D eigenvalue weighted by Gasteiger charge is 2.57. The number of piperidine rings is 1. The lowest BCUT2D eigenvalue weighted by Crippen LogP contribution is -2.36. The zero-order chi connectivity index (χ0) is 24.2. The number of hydrogen-bond donors (Lipinski definition) is 0. The predicted octanol–water partition coefficient (Wildman–Crippen LogP) is 5.65. The highest BCUT2D eigenvalue weighted by Crippen LogP contribution is 2.64. The summed E-state index contributed by atoms with van der Waals surface area (Å²) in [6.07, 6.45) is 4.10. The van der Waals surface area contributed by atoms with Crippen LogP contribution in [0.3, 0.4) is 0 Å². The maximum atomic E-state index is 14.6. The van der Waals surface area contributed by atoms with Crippen LogP contribution in [0.5, 0.6) is 6.01 Å². The molecule has 35 heavy (non-hydrogen) atoms. The van der Waals surface area contributed by atoms with Crippen LogP contribution in [0.25, 0.3) is 11.0 Å². The van der Waals surface area contributed by atoms with Gasteiger partial charge in [-0.1, -0.05) is 29.8 Å². The number of aromatic nitrogens is 4. The van der Waals surface area contributed by atoms with Gasteiger partial charge in [-0.3, -0.25) is 0 Å². The van der Waals surface area contributed by atoms with E-state index in [2.05, 4.69) is 33.7 Å². The van der Waals surface area contributed by atoms with Crippen molar-refractivity contribution in [1.29, 1.82) is 0 Å². The zero-order valence-corrected chi connectivity index (χ0v) is 20.0. The molecule has 0 N–H and O–H groups in total. The van der Waals surface area contributed by atoms with E-state index in [0.29, 0.717) is 29.6 Å². The van der Waals surface area contributed by atoms with Crippen molar-refractivity contribution in [1.82, 2.24) is 19.5 Å². The van der Waals surface area contributed by atoms with Gasteiger partial charge in [0.25, 0.3) is 0 Å². The first-order chi connectivity index (χ1) is 16.9. The Morgan fingerprint density at radius 1 is 1.09 bits per heavy atom. The number of benzene rings is 2. The molecule has 9 heteroatoms. The summed E-state index contributed by atoms with van der Waals surface area (Å²) in [5.41, 5.74) is 2.71. The molecule has 1 spiro atoms. The van der Waals surface area contributed by atoms with E-state index >= 15 is 0 Å². The molecular weight excluding hydrogens is 472 g/mol. The number of fused-ring (bicyclic) bond motifs is 1. The van der Waals surface area contributed by atoms with E-state index in [0.717, 1.165) is 42.3 Å². The first-order valence-corrected chi connectivity index (χ1v) is 12.1. The molecule has 2 aromatic carbocycles. The molecule has 6 nitrogen and oxygen atoms in total. The average molecular weight is 496 g/mol. The van der Waals surface area contributed by atoms with Crippen molar-refractivity contribution >= 4 is 28.5 Å². The maximum Gasteiger partial charge on any atom is 0.318 e. The summed E-state index contributed by atoms with van der Waals surface area (Å²) < 4.78 is 36.4. The second-order valence-corrected chi connectivity index (χ2v) is 9.91. The Morgan fingerprint density at radius 2 is 1.89 bits per heavy atom. The SMILES string of the molecule is Cn1c(C2CC23CCN(c2nc(OCc4ccc(Cl)cc4F)ncc2F)CC3)nc2ccccc21. The van der Waals surface area contributed by atoms with Gasteiger partial charge in [0.2, 0.25) is 0 Å². The number of aryl methyl sites for hydroxylation is 1. The van der Waals surface area contributed by atoms with Crippen LogP contribution in [0.2, 0.25) is 5.02 Å². The molecule has 0 radical (unpaired) electrons. The normalized spacial score (nSPS) is 18.9. The van der Waals surface area contributed by atoms with Crippen LogP contribution in [0.4, 0.5) is 14.6 Å². The Morgan fingerprint density at radius 3 is 2.66 bits per heavy atom. The summed E-state index contributed by atoms with van der Waals surface area (Å²) in [5.74, 6) is 0.819. The van der Waals surface area contributed by atoms with Gasteiger partial charge in [0.1, 0.15) is 18.2 Å². The Bertz CT molecular complexity index is 1420. The number of anilines is 1. The van der Waals surface area contributed by atoms with Crippen molar-refractivity contribution in [3.8, 4) is 6.01 Å². The van der Waals surface area contributed by atoms with E-state index in [9.17, 15) is 8.78 Å². The minimum atomic E-state index is -0.492. The highest BCUT2D eigenvalue weighted by molar-refractivity contribution is 6.30. The third-order valence-corrected chi connectivity index (χ3v) is 7.69. The molecule has 1 aliphatic heterocycles. The minimum Gasteiger partial charge on any atom is -0.458 e. The standard InChI is InChI=1S/C26H24ClF2N5O/c1-33-22-5-3-2-4-21(22)31-23(33)18-13-26(18)8-10-34(11-9-26)24-20(29)14-30-25(32-24)35-15-16-6-7-17(27)12-19(16)28/h2-7,12,14,18H,8-11,13,15H2,1H3. The lowest BCUT2D eigenvalue weighted by molar-refractivity contribution is 0.273. The summed E-state index contributed by atoms with van der Waals surface area (Å²) in [6.45, 7) is 1.32. The largest absolute Gasteiger partial charge is 0.458 e. The lowest BCUT2D eigenvalue weighted by atomic mass is 9.90. The lowest BCUT2D eigenvalue weighted by Gasteiger charge is -2.33. The fraction of sp³-hybridized carbons (Fsp3) is 0.346. The van der Waals surface area contributed by atoms with Crippen LogP contribution >= 0.6 is 11.6 Å². The van der Waals surface area contributed by atoms with Gasteiger partial charge >= 0.3 is 6.01 Å². The molecule has 1 saturated heterocycles. The zero-order valence-electron chi connectivity index (χ0n) is 19.2. The van der Waals surface area contributed by atoms with Crippen molar-refractivity contribution in [2.45, 2.75) is 31.8 Å². The number of ether oxygens (including phenoxy) is 1. The van der Waals surface area contributed by atoms with Crippen molar-refractivity contribution < 1.29 is 13.5 Å². The summed E-state index contributed by atoms with van der Waals surface area (Å²) in [6, 6.07) is 12.6. The molecule has 1 atom stereocenters. The van der Waals surface area contributed by atoms with Crippen LogP contribution in [0.1, 0.15) is 36.6 Å². The predicted molar refractivity (Wildman–Crippen MR) is 130 cm³/mol. The first-order valence-electron chi connectivity index (χ1n) is 11.7. The number of para-hydroxylation sites is 2. The van der Waals surface area contributed by atoms with Gasteiger partial charge in [0.05, 0.1) is 17.2 Å². The van der Waals surface area contributed by atoms with Crippen molar-refractivity contribution in [2.75, 3.05) is 18.0 Å². The monoisotopic (exact) mass is 495 g/mol. The van der Waals surface area contributed by atoms with Gasteiger partial charge in [-0.05, 0) is 48.9 Å². The summed E-state index contributed by atoms with van der Waals surface area (Å²) in [7, 11) is 2.08. The molecule has 2 aliphatic rings. The molecule has 3 heterocycles. The van der Waals surface area contributed by atoms with Gasteiger partial charge in [0, 0.05) is 36.6 Å². The van der Waals surface area contributed by atoms with E-state index in [1.165, 1.54) is 6.07 Å². The number of rotatable bonds is 5. The summed E-state index contributed by atoms with van der Waals surface area (Å²) in [4.78, 5) is 15.1. The Labute approximate surface area is 206 Å². The van der Waals surface area contributed by atoms with E-state index in [4.69, 9.17) is 21.3 Å². The van der Waals surface area contributed by atoms with Crippen LogP contribution in [0.15, 0.2) is 48.7 Å². The fourth-order valence-corrected chi connectivity index (χ4v) is 5.48. The quantitative estimate of drug-likeness (QED) is 0.358. The van der Waals surface area contributed by atoms with Crippen LogP contribution < -0.4 is 9.64 Å². The van der Waals surface area contributed by atoms with Crippen molar-refractivity contribution in [2.24, 2.45) is 12.5 Å². The first kappa shape index (κ1) is 22.2. The fourth-order valence-electron chi connectivity index (χ4n) is 5.32. The van der Waals surface area contributed by atoms with Gasteiger partial charge in [-0.25, -0.2) is 18.7 Å². The maximum absolute atomic E-state index is 14.6. The van der Waals surface area contributed by atoms with E-state index in [1.54, 1.807) is 12.1 Å². The van der Waals surface area contributed by atoms with E-state index < -0.39 is 11.6 Å². The molecular formula is C26H24ClF2N5O. The molecule has 1 unspecified atom stereocenters. The third kappa shape index (κ3) is 3.99. The molecule has 2 aromatic heterocycles. The smallest absolute Gasteiger partial charge is 0.318 e. The van der Waals surface area contributed by atoms with Crippen molar-refractivity contribution in [3.05, 3.63) is 76.7 Å². The van der Waals surface area contributed by atoms with Gasteiger partial charge < -0.3 is 14.2 Å². The topological polar surface area (TPSA) is 56.1 Å². The molecule has 6 rings (SSSR count). The number of imidazole rings is 1. The second-order valence-electron chi connectivity index (χ2n) is 9.47. The van der Waals surface area contributed by atoms with Crippen LogP contribution in [-0.2, 0) is 13.7 Å². The third-order valence-electron chi connectivity index (χ3n) is 7.46. The number of hydrogen-bond acceptors (Lipinski definition) is 5. The Hall–Kier alpha value is -3.26. The summed E-state index contributed by atoms with van der Waals surface area (Å²) >= 11 is 5.80. The molecule has 2 fully saturated rings. The molecule has 4 aromatic rings. The molecule has 1 aliphatic carbocycles. The molecule has 0 amide bonds. The number of halogens is 3. The van der Waals surface area contributed by atoms with E-state index in [-0.39, 0.29) is 23.9 Å². The highest BCUT2D eigenvalue weighted by atomic mass is 35.5. The van der Waals surface area contributed by atoms with Gasteiger partial charge in [0.15, 0.2) is 11.6 Å². The Balaban J connectivity index is 1.13. The minimum absolute atomic E-state index is 0.0139. The van der Waals surface area contributed by atoms with Gasteiger partial charge in [-0.2, -0.15) is 4.98 Å². The Kier molecular flexibility index (Phi) is 5.36. The van der Waals surface area contributed by atoms with Crippen LogP contribution in [0, 0.1) is 17.0 Å². The summed E-state index contributed by atoms with van der Waals surface area (Å²) in [5, 5.41) is 0.309.